The molecule has 2 heterocycles. The van der Waals surface area contributed by atoms with Gasteiger partial charge >= 0.3 is 0 Å². The molecule has 0 radical (unpaired) electrons. The van der Waals surface area contributed by atoms with Gasteiger partial charge in [0.1, 0.15) is 22.9 Å². The molecule has 2 rings (SSSR count). The van der Waals surface area contributed by atoms with Gasteiger partial charge in [-0.3, -0.25) is 19.7 Å². The Kier molecular flexibility index (Phi) is 3.28. The van der Waals surface area contributed by atoms with E-state index in [1.165, 1.54) is 17.0 Å². The van der Waals surface area contributed by atoms with E-state index < -0.39 is 23.3 Å². The number of piperazine rings is 1. The number of nitrogens with one attached hydrogen (secondary N) is 1. The van der Waals surface area contributed by atoms with E-state index in [2.05, 4.69) is 10.3 Å². The molecule has 7 heteroatoms. The molecule has 1 N–H and O–H groups in total. The van der Waals surface area contributed by atoms with Crippen LogP contribution in [0.15, 0.2) is 18.2 Å². The number of imide groups is 1. The minimum absolute atomic E-state index is 0.100. The van der Waals surface area contributed by atoms with Crippen LogP contribution in [0.4, 0.5) is 0 Å². The molecule has 1 aliphatic heterocycles. The second kappa shape index (κ2) is 4.62. The fourth-order valence-corrected chi connectivity index (χ4v) is 1.94. The first-order valence-electron chi connectivity index (χ1n) is 5.61. The first-order valence-corrected chi connectivity index (χ1v) is 5.99. The van der Waals surface area contributed by atoms with Gasteiger partial charge in [0.05, 0.1) is 0 Å². The molecule has 100 valence electrons. The SMILES string of the molecule is CC1(C)C(=O)NC(=O)CN1C(=O)c1cccc(Cl)n1. The number of pyridine rings is 1. The molecule has 6 nitrogen and oxygen atoms in total. The van der Waals surface area contributed by atoms with Crippen molar-refractivity contribution in [3.05, 3.63) is 29.0 Å². The third-order valence-electron chi connectivity index (χ3n) is 2.96. The molecule has 0 unspecified atom stereocenters. The number of nitrogens with zero attached hydrogens (tertiary/aromatic N) is 2. The average molecular weight is 282 g/mol. The monoisotopic (exact) mass is 281 g/mol. The predicted octanol–water partition coefficient (Wildman–Crippen LogP) is 0.612. The molecule has 19 heavy (non-hydrogen) atoms. The van der Waals surface area contributed by atoms with Crippen molar-refractivity contribution in [2.45, 2.75) is 19.4 Å². The van der Waals surface area contributed by atoms with Crippen LogP contribution in [0.3, 0.4) is 0 Å². The predicted molar refractivity (Wildman–Crippen MR) is 67.5 cm³/mol. The summed E-state index contributed by atoms with van der Waals surface area (Å²) in [6.45, 7) is 2.94. The van der Waals surface area contributed by atoms with E-state index in [1.54, 1.807) is 19.9 Å². The number of carbonyl (C=O) groups excluding carboxylic acids is 3. The average Bonchev–Trinajstić information content (AvgIpc) is 2.33. The van der Waals surface area contributed by atoms with Crippen LogP contribution in [0.25, 0.3) is 0 Å². The van der Waals surface area contributed by atoms with Crippen LogP contribution >= 0.6 is 11.6 Å². The van der Waals surface area contributed by atoms with Crippen molar-refractivity contribution in [1.29, 1.82) is 0 Å². The van der Waals surface area contributed by atoms with Gasteiger partial charge in [0.15, 0.2) is 0 Å². The van der Waals surface area contributed by atoms with E-state index in [-0.39, 0.29) is 17.4 Å². The highest BCUT2D eigenvalue weighted by Crippen LogP contribution is 2.21. The quantitative estimate of drug-likeness (QED) is 0.604. The summed E-state index contributed by atoms with van der Waals surface area (Å²) in [6, 6.07) is 4.61. The standard InChI is InChI=1S/C12H12ClN3O3/c1-12(2)11(19)15-9(17)6-16(12)10(18)7-4-3-5-8(13)14-7/h3-5H,6H2,1-2H3,(H,15,17,19). The zero-order valence-electron chi connectivity index (χ0n) is 10.4. The second-order valence-electron chi connectivity index (χ2n) is 4.67. The van der Waals surface area contributed by atoms with Gasteiger partial charge in [-0.15, -0.1) is 0 Å². The fraction of sp³-hybridized carbons (Fsp3) is 0.333. The minimum atomic E-state index is -1.12. The molecule has 1 aromatic rings. The van der Waals surface area contributed by atoms with Crippen molar-refractivity contribution >= 4 is 29.3 Å². The Balaban J connectivity index is 2.36. The smallest absolute Gasteiger partial charge is 0.273 e. The van der Waals surface area contributed by atoms with Crippen LogP contribution in [-0.4, -0.2) is 39.7 Å². The normalized spacial score (nSPS) is 18.2. The number of halogens is 1. The Morgan fingerprint density at radius 1 is 1.42 bits per heavy atom. The molecular weight excluding hydrogens is 270 g/mol. The van der Waals surface area contributed by atoms with Gasteiger partial charge in [0, 0.05) is 0 Å². The molecule has 1 saturated heterocycles. The lowest BCUT2D eigenvalue weighted by Crippen LogP contribution is -2.65. The van der Waals surface area contributed by atoms with Gasteiger partial charge in [0.25, 0.3) is 11.8 Å². The van der Waals surface area contributed by atoms with E-state index in [0.29, 0.717) is 0 Å². The number of amides is 3. The summed E-state index contributed by atoms with van der Waals surface area (Å²) in [5.41, 5.74) is -1.02. The van der Waals surface area contributed by atoms with Gasteiger partial charge in [-0.1, -0.05) is 17.7 Å². The second-order valence-corrected chi connectivity index (χ2v) is 5.06. The van der Waals surface area contributed by atoms with Crippen molar-refractivity contribution in [2.24, 2.45) is 0 Å². The van der Waals surface area contributed by atoms with Crippen LogP contribution in [0, 0.1) is 0 Å². The largest absolute Gasteiger partial charge is 0.314 e. The van der Waals surface area contributed by atoms with Crippen LogP contribution in [0.1, 0.15) is 24.3 Å². The first-order chi connectivity index (χ1) is 8.82. The Hall–Kier alpha value is -1.95. The van der Waals surface area contributed by atoms with Crippen molar-refractivity contribution in [2.75, 3.05) is 6.54 Å². The molecule has 1 aromatic heterocycles. The van der Waals surface area contributed by atoms with E-state index in [0.717, 1.165) is 0 Å². The van der Waals surface area contributed by atoms with Crippen molar-refractivity contribution < 1.29 is 14.4 Å². The maximum atomic E-state index is 12.3. The van der Waals surface area contributed by atoms with Gasteiger partial charge < -0.3 is 4.90 Å². The summed E-state index contributed by atoms with van der Waals surface area (Å²) in [5, 5.41) is 2.38. The minimum Gasteiger partial charge on any atom is -0.314 e. The molecule has 3 amide bonds. The maximum absolute atomic E-state index is 12.3. The summed E-state index contributed by atoms with van der Waals surface area (Å²) >= 11 is 5.73. The topological polar surface area (TPSA) is 79.4 Å². The summed E-state index contributed by atoms with van der Waals surface area (Å²) in [4.78, 5) is 40.6. The molecule has 0 bridgehead atoms. The number of aromatic nitrogens is 1. The molecule has 0 spiro atoms. The number of carbonyl (C=O) groups is 3. The van der Waals surface area contributed by atoms with E-state index in [4.69, 9.17) is 11.6 Å². The summed E-state index contributed by atoms with van der Waals surface area (Å²) in [5.74, 6) is -1.53. The van der Waals surface area contributed by atoms with E-state index in [1.807, 2.05) is 0 Å². The third kappa shape index (κ3) is 2.44. The summed E-state index contributed by atoms with van der Waals surface area (Å²) < 4.78 is 0. The van der Waals surface area contributed by atoms with Gasteiger partial charge in [-0.25, -0.2) is 4.98 Å². The highest BCUT2D eigenvalue weighted by atomic mass is 35.5. The van der Waals surface area contributed by atoms with Crippen molar-refractivity contribution in [3.63, 3.8) is 0 Å². The number of hydrogen-bond donors (Lipinski definition) is 1. The van der Waals surface area contributed by atoms with Crippen LogP contribution in [0.2, 0.25) is 5.15 Å². The maximum Gasteiger partial charge on any atom is 0.273 e. The van der Waals surface area contributed by atoms with Gasteiger partial charge in [-0.05, 0) is 26.0 Å². The highest BCUT2D eigenvalue weighted by Gasteiger charge is 2.44. The number of rotatable bonds is 1. The summed E-state index contributed by atoms with van der Waals surface area (Å²) in [7, 11) is 0. The van der Waals surface area contributed by atoms with E-state index in [9.17, 15) is 14.4 Å². The van der Waals surface area contributed by atoms with E-state index >= 15 is 0 Å². The molecule has 0 aromatic carbocycles. The molecule has 1 aliphatic rings. The molecule has 0 aliphatic carbocycles. The molecule has 1 fully saturated rings. The van der Waals surface area contributed by atoms with Crippen LogP contribution < -0.4 is 5.32 Å². The Bertz CT molecular complexity index is 571. The third-order valence-corrected chi connectivity index (χ3v) is 3.18. The molecule has 0 saturated carbocycles. The Morgan fingerprint density at radius 2 is 2.11 bits per heavy atom. The van der Waals surface area contributed by atoms with Gasteiger partial charge in [-0.2, -0.15) is 0 Å². The highest BCUT2D eigenvalue weighted by molar-refractivity contribution is 6.29. The fourth-order valence-electron chi connectivity index (χ4n) is 1.77. The van der Waals surface area contributed by atoms with Crippen molar-refractivity contribution in [3.8, 4) is 0 Å². The van der Waals surface area contributed by atoms with Crippen LogP contribution in [-0.2, 0) is 9.59 Å². The lowest BCUT2D eigenvalue weighted by atomic mass is 9.98. The zero-order chi connectivity index (χ0) is 14.2. The lowest BCUT2D eigenvalue weighted by Gasteiger charge is -2.39. The lowest BCUT2D eigenvalue weighted by molar-refractivity contribution is -0.143. The van der Waals surface area contributed by atoms with Crippen molar-refractivity contribution in [1.82, 2.24) is 15.2 Å². The Labute approximate surface area is 114 Å². The van der Waals surface area contributed by atoms with Crippen LogP contribution in [0.5, 0.6) is 0 Å². The number of hydrogen-bond acceptors (Lipinski definition) is 4. The first kappa shape index (κ1) is 13.5. The molecule has 0 atom stereocenters. The molecular formula is C12H12ClN3O3. The van der Waals surface area contributed by atoms with Gasteiger partial charge in [0.2, 0.25) is 5.91 Å². The Morgan fingerprint density at radius 3 is 2.74 bits per heavy atom. The summed E-state index contributed by atoms with van der Waals surface area (Å²) in [6.07, 6.45) is 0. The zero-order valence-corrected chi connectivity index (χ0v) is 11.2.